The van der Waals surface area contributed by atoms with Gasteiger partial charge in [-0.2, -0.15) is 0 Å². The summed E-state index contributed by atoms with van der Waals surface area (Å²) < 4.78 is 53.5. The third-order valence-electron chi connectivity index (χ3n) is 11.7. The summed E-state index contributed by atoms with van der Waals surface area (Å²) in [6.45, 7) is 1.55. The molecule has 3 fully saturated rings. The van der Waals surface area contributed by atoms with Crippen LogP contribution >= 0.6 is 0 Å². The summed E-state index contributed by atoms with van der Waals surface area (Å²) >= 11 is 0. The van der Waals surface area contributed by atoms with Crippen LogP contribution in [0.15, 0.2) is 71.5 Å². The van der Waals surface area contributed by atoms with Gasteiger partial charge in [0.25, 0.3) is 5.91 Å². The number of ether oxygens (including phenoxy) is 1. The predicted octanol–water partition coefficient (Wildman–Crippen LogP) is 5.15. The van der Waals surface area contributed by atoms with Gasteiger partial charge in [0, 0.05) is 29.7 Å². The van der Waals surface area contributed by atoms with Crippen molar-refractivity contribution in [3.05, 3.63) is 78.5 Å². The average molecular weight is 772 g/mol. The summed E-state index contributed by atoms with van der Waals surface area (Å²) in [5, 5.41) is 8.37. The van der Waals surface area contributed by atoms with E-state index in [9.17, 15) is 32.0 Å². The fourth-order valence-electron chi connectivity index (χ4n) is 7.99. The van der Waals surface area contributed by atoms with Gasteiger partial charge in [0.2, 0.25) is 27.7 Å². The van der Waals surface area contributed by atoms with Gasteiger partial charge in [-0.05, 0) is 81.0 Å². The number of halogens is 1. The van der Waals surface area contributed by atoms with Gasteiger partial charge in [0.15, 0.2) is 11.5 Å². The summed E-state index contributed by atoms with van der Waals surface area (Å²) in [5.41, 5.74) is -0.736. The number of rotatable bonds is 7. The summed E-state index contributed by atoms with van der Waals surface area (Å²) in [6.07, 6.45) is 8.41. The van der Waals surface area contributed by atoms with Crippen molar-refractivity contribution in [3.8, 4) is 5.88 Å². The highest BCUT2D eigenvalue weighted by Gasteiger charge is 2.62. The first-order valence-electron chi connectivity index (χ1n) is 18.8. The number of carbonyl (C=O) groups is 4. The Kier molecular flexibility index (Phi) is 9.46. The largest absolute Gasteiger partial charge is 0.472 e. The molecule has 2 aromatic heterocycles. The number of Topliss-reactive ketones (excluding diaryl/α,β-unsaturated/α-hetero) is 1. The van der Waals surface area contributed by atoms with Gasteiger partial charge in [0.1, 0.15) is 24.2 Å². The van der Waals surface area contributed by atoms with Crippen LogP contribution in [0.5, 0.6) is 5.88 Å². The number of benzene rings is 2. The van der Waals surface area contributed by atoms with Gasteiger partial charge in [-0.3, -0.25) is 23.9 Å². The van der Waals surface area contributed by atoms with E-state index in [1.807, 2.05) is 30.4 Å². The molecule has 2 N–H and O–H groups in total. The summed E-state index contributed by atoms with van der Waals surface area (Å²) in [7, 11) is -3.98. The van der Waals surface area contributed by atoms with Gasteiger partial charge < -0.3 is 19.5 Å². The van der Waals surface area contributed by atoms with Crippen LogP contribution in [0.25, 0.3) is 21.7 Å². The predicted molar refractivity (Wildman–Crippen MR) is 199 cm³/mol. The molecule has 2 saturated carbocycles. The first-order valence-corrected chi connectivity index (χ1v) is 20.3. The van der Waals surface area contributed by atoms with E-state index in [1.165, 1.54) is 29.4 Å². The van der Waals surface area contributed by atoms with E-state index in [4.69, 9.17) is 14.2 Å². The number of para-hydroxylation sites is 1. The lowest BCUT2D eigenvalue weighted by Gasteiger charge is -2.29. The number of pyridine rings is 1. The number of nitrogens with zero attached hydrogens (tertiary/aromatic N) is 3. The minimum Gasteiger partial charge on any atom is -0.472 e. The molecule has 4 heterocycles. The minimum absolute atomic E-state index is 0.00230. The lowest BCUT2D eigenvalue weighted by molar-refractivity contribution is -0.140. The highest BCUT2D eigenvalue weighted by molar-refractivity contribution is 7.91. The molecule has 5 atom stereocenters. The third-order valence-corrected chi connectivity index (χ3v) is 13.9. The molecule has 0 radical (unpaired) electrons. The monoisotopic (exact) mass is 771 g/mol. The SMILES string of the molecule is CC1(S(=O)(=O)NC(=O)[C@]23CC(=O)[C@@H]4C[C@@H](Oc5nc6ccccc6c6cc(F)ccc56)CN4C(=O)[C@@H](NC(=O)c4ccon4)CCCCC/C=C\[C@@H]2C3)CC1. The third kappa shape index (κ3) is 7.09. The molecule has 0 bridgehead atoms. The van der Waals surface area contributed by atoms with Crippen LogP contribution in [0, 0.1) is 17.2 Å². The highest BCUT2D eigenvalue weighted by atomic mass is 32.2. The maximum Gasteiger partial charge on any atom is 0.274 e. The molecular formula is C40H42FN5O8S. The fraction of sp³-hybridized carbons (Fsp3) is 0.450. The molecule has 55 heavy (non-hydrogen) atoms. The topological polar surface area (TPSA) is 178 Å². The Hall–Kier alpha value is -5.18. The Bertz CT molecular complexity index is 2330. The molecule has 2 aliphatic heterocycles. The van der Waals surface area contributed by atoms with E-state index >= 15 is 0 Å². The molecule has 2 aromatic carbocycles. The molecule has 13 nitrogen and oxygen atoms in total. The molecule has 0 spiro atoms. The molecular weight excluding hydrogens is 730 g/mol. The molecule has 3 amide bonds. The Morgan fingerprint density at radius 3 is 2.64 bits per heavy atom. The number of aromatic nitrogens is 2. The number of amides is 3. The Balaban J connectivity index is 1.13. The van der Waals surface area contributed by atoms with Crippen LogP contribution in [0.1, 0.15) is 81.6 Å². The van der Waals surface area contributed by atoms with Crippen molar-refractivity contribution in [2.45, 2.75) is 94.1 Å². The van der Waals surface area contributed by atoms with Crippen molar-refractivity contribution < 1.29 is 41.2 Å². The van der Waals surface area contributed by atoms with Crippen molar-refractivity contribution >= 4 is 55.2 Å². The van der Waals surface area contributed by atoms with Crippen molar-refractivity contribution in [1.29, 1.82) is 0 Å². The Morgan fingerprint density at radius 2 is 1.85 bits per heavy atom. The summed E-state index contributed by atoms with van der Waals surface area (Å²) in [4.78, 5) is 62.4. The van der Waals surface area contributed by atoms with Crippen LogP contribution in [0.2, 0.25) is 0 Å². The van der Waals surface area contributed by atoms with Crippen LogP contribution < -0.4 is 14.8 Å². The van der Waals surface area contributed by atoms with Gasteiger partial charge in [-0.25, -0.2) is 17.8 Å². The van der Waals surface area contributed by atoms with Gasteiger partial charge in [-0.15, -0.1) is 0 Å². The van der Waals surface area contributed by atoms with Crippen LogP contribution in [0.4, 0.5) is 4.39 Å². The lowest BCUT2D eigenvalue weighted by Crippen LogP contribution is -2.52. The van der Waals surface area contributed by atoms with E-state index in [1.54, 1.807) is 19.1 Å². The minimum atomic E-state index is -3.98. The Labute approximate surface area is 317 Å². The van der Waals surface area contributed by atoms with E-state index < -0.39 is 67.7 Å². The zero-order valence-electron chi connectivity index (χ0n) is 30.3. The van der Waals surface area contributed by atoms with E-state index in [0.717, 1.165) is 18.2 Å². The van der Waals surface area contributed by atoms with E-state index in [-0.39, 0.29) is 43.3 Å². The van der Waals surface area contributed by atoms with E-state index in [2.05, 4.69) is 15.2 Å². The Morgan fingerprint density at radius 1 is 1.04 bits per heavy atom. The molecule has 8 rings (SSSR count). The number of hydrogen-bond acceptors (Lipinski definition) is 10. The summed E-state index contributed by atoms with van der Waals surface area (Å²) in [5.74, 6) is -2.82. The molecule has 4 aliphatic rings. The molecule has 1 saturated heterocycles. The highest BCUT2D eigenvalue weighted by Crippen LogP contribution is 2.57. The first kappa shape index (κ1) is 36.8. The van der Waals surface area contributed by atoms with E-state index in [0.29, 0.717) is 48.4 Å². The zero-order valence-corrected chi connectivity index (χ0v) is 31.1. The van der Waals surface area contributed by atoms with Crippen LogP contribution in [-0.4, -0.2) is 76.4 Å². The second kappa shape index (κ2) is 14.2. The van der Waals surface area contributed by atoms with Gasteiger partial charge >= 0.3 is 0 Å². The normalized spacial score (nSPS) is 27.3. The van der Waals surface area contributed by atoms with Crippen molar-refractivity contribution in [3.63, 3.8) is 0 Å². The van der Waals surface area contributed by atoms with Crippen LogP contribution in [-0.2, 0) is 24.4 Å². The zero-order chi connectivity index (χ0) is 38.5. The van der Waals surface area contributed by atoms with Crippen molar-refractivity contribution in [2.75, 3.05) is 6.54 Å². The van der Waals surface area contributed by atoms with Gasteiger partial charge in [-0.1, -0.05) is 48.3 Å². The van der Waals surface area contributed by atoms with Crippen molar-refractivity contribution in [1.82, 2.24) is 25.1 Å². The molecule has 4 aromatic rings. The molecule has 2 aliphatic carbocycles. The second-order valence-corrected chi connectivity index (χ2v) is 17.8. The van der Waals surface area contributed by atoms with Crippen molar-refractivity contribution in [2.24, 2.45) is 11.3 Å². The van der Waals surface area contributed by atoms with Gasteiger partial charge in [0.05, 0.1) is 28.3 Å². The quantitative estimate of drug-likeness (QED) is 0.189. The number of ketones is 1. The maximum atomic E-state index is 14.6. The maximum absolute atomic E-state index is 14.6. The number of fused-ring (bicyclic) bond motifs is 5. The lowest BCUT2D eigenvalue weighted by atomic mass is 9.91. The summed E-state index contributed by atoms with van der Waals surface area (Å²) in [6, 6.07) is 10.9. The number of allylic oxidation sites excluding steroid dienone is 2. The first-order chi connectivity index (χ1) is 26.4. The fourth-order valence-corrected chi connectivity index (χ4v) is 9.32. The average Bonchev–Trinajstić information content (AvgIpc) is 3.91. The standard InChI is InChI=1S/C40H42FN5O8S/c1-39(16-17-39)55(51,52)45-38(50)40-21-24(40)9-5-3-2-4-6-12-32(42-35(48)31-15-18-53-44-31)37(49)46-23-26(20-33(46)34(47)22-40)54-36-28-14-13-25(41)19-29(28)27-10-7-8-11-30(27)43-36/h5,7-11,13-15,18-19,24,26,32-33H,2-4,6,12,16-17,20-23H2,1H3,(H,42,48)(H,45,50)/b9-5-/t24-,26-,32+,33+,40-/m1/s1. The smallest absolute Gasteiger partial charge is 0.274 e. The molecule has 0 unspecified atom stereocenters. The number of nitrogens with one attached hydrogen (secondary N) is 2. The number of hydrogen-bond donors (Lipinski definition) is 2. The number of carbonyl (C=O) groups excluding carboxylic acids is 4. The molecule has 15 heteroatoms. The number of sulfonamides is 1. The second-order valence-electron chi connectivity index (χ2n) is 15.6. The molecule has 288 valence electrons. The van der Waals surface area contributed by atoms with Crippen LogP contribution in [0.3, 0.4) is 0 Å².